The average Bonchev–Trinajstić information content (AvgIpc) is 2.84. The van der Waals surface area contributed by atoms with Crippen molar-refractivity contribution in [1.29, 1.82) is 5.26 Å². The number of hydrogen-bond donors (Lipinski definition) is 0. The van der Waals surface area contributed by atoms with E-state index in [2.05, 4.69) is 17.9 Å². The molecule has 4 heteroatoms. The van der Waals surface area contributed by atoms with Gasteiger partial charge < -0.3 is 4.90 Å². The number of carbonyl (C=O) groups excluding carboxylic acids is 1. The van der Waals surface area contributed by atoms with Gasteiger partial charge in [-0.05, 0) is 69.0 Å². The molecule has 2 heterocycles. The molecule has 2 atom stereocenters. The van der Waals surface area contributed by atoms with Crippen molar-refractivity contribution in [3.05, 3.63) is 29.8 Å². The zero-order chi connectivity index (χ0) is 16.9. The molecule has 1 aromatic carbocycles. The van der Waals surface area contributed by atoms with Crippen molar-refractivity contribution in [2.24, 2.45) is 5.92 Å². The first-order valence-electron chi connectivity index (χ1n) is 9.28. The van der Waals surface area contributed by atoms with Crippen LogP contribution in [0.5, 0.6) is 0 Å². The van der Waals surface area contributed by atoms with Crippen LogP contribution in [0.2, 0.25) is 0 Å². The number of carbonyl (C=O) groups is 1. The molecule has 1 amide bonds. The summed E-state index contributed by atoms with van der Waals surface area (Å²) in [6.07, 6.45) is 7.25. The van der Waals surface area contributed by atoms with Crippen LogP contribution in [0.3, 0.4) is 0 Å². The normalized spacial score (nSPS) is 25.5. The molecule has 0 aromatic heterocycles. The zero-order valence-corrected chi connectivity index (χ0v) is 14.6. The molecule has 128 valence electrons. The van der Waals surface area contributed by atoms with Gasteiger partial charge in [-0.25, -0.2) is 0 Å². The summed E-state index contributed by atoms with van der Waals surface area (Å²) < 4.78 is 0. The summed E-state index contributed by atoms with van der Waals surface area (Å²) >= 11 is 0. The van der Waals surface area contributed by atoms with Crippen LogP contribution >= 0.6 is 0 Å². The van der Waals surface area contributed by atoms with Crippen LogP contribution in [0.4, 0.5) is 5.69 Å². The third-order valence-electron chi connectivity index (χ3n) is 5.51. The highest BCUT2D eigenvalue weighted by molar-refractivity contribution is 5.99. The number of likely N-dealkylation sites (tertiary alicyclic amines) is 1. The average molecular weight is 325 g/mol. The summed E-state index contributed by atoms with van der Waals surface area (Å²) in [6, 6.07) is 9.52. The van der Waals surface area contributed by atoms with Gasteiger partial charge in [-0.2, -0.15) is 5.26 Å². The second kappa shape index (κ2) is 7.81. The number of anilines is 1. The highest BCUT2D eigenvalue weighted by Crippen LogP contribution is 2.28. The van der Waals surface area contributed by atoms with Gasteiger partial charge >= 0.3 is 0 Å². The lowest BCUT2D eigenvalue weighted by molar-refractivity contribution is -0.121. The molecule has 0 N–H and O–H groups in total. The number of nitrogens with zero attached hydrogens (tertiary/aromatic N) is 3. The minimum Gasteiger partial charge on any atom is -0.311 e. The molecule has 0 aliphatic carbocycles. The van der Waals surface area contributed by atoms with Gasteiger partial charge in [0.25, 0.3) is 0 Å². The summed E-state index contributed by atoms with van der Waals surface area (Å²) in [5, 5.41) is 8.91. The van der Waals surface area contributed by atoms with Crippen molar-refractivity contribution in [2.75, 3.05) is 24.5 Å². The van der Waals surface area contributed by atoms with Crippen LogP contribution in [-0.4, -0.2) is 36.5 Å². The third-order valence-corrected chi connectivity index (χ3v) is 5.51. The molecule has 3 rings (SSSR count). The molecule has 0 bridgehead atoms. The van der Waals surface area contributed by atoms with E-state index < -0.39 is 0 Å². The lowest BCUT2D eigenvalue weighted by Gasteiger charge is -2.26. The standard InChI is InChI=1S/C20H27N3O/c1-2-4-16-5-3-12-22(13-10-16)19-11-14-23(20(19)24)18-8-6-17(15-21)7-9-18/h6-9,16,19H,2-5,10-14H2,1H3/t16-,19-/m0/s1. The van der Waals surface area contributed by atoms with E-state index in [0.717, 1.165) is 37.7 Å². The Bertz CT molecular complexity index is 604. The maximum absolute atomic E-state index is 12.9. The second-order valence-electron chi connectivity index (χ2n) is 7.07. The molecule has 0 saturated carbocycles. The quantitative estimate of drug-likeness (QED) is 0.850. The van der Waals surface area contributed by atoms with Crippen LogP contribution in [0, 0.1) is 17.2 Å². The van der Waals surface area contributed by atoms with Gasteiger partial charge in [-0.1, -0.05) is 19.8 Å². The monoisotopic (exact) mass is 325 g/mol. The first-order valence-corrected chi connectivity index (χ1v) is 9.28. The SMILES string of the molecule is CCC[C@H]1CCCN([C@H]2CCN(c3ccc(C#N)cc3)C2=O)CC1. The zero-order valence-electron chi connectivity index (χ0n) is 14.6. The van der Waals surface area contributed by atoms with E-state index in [0.29, 0.717) is 5.56 Å². The van der Waals surface area contributed by atoms with Crippen LogP contribution in [0.25, 0.3) is 0 Å². The summed E-state index contributed by atoms with van der Waals surface area (Å²) in [5.74, 6) is 1.07. The Morgan fingerprint density at radius 2 is 1.92 bits per heavy atom. The van der Waals surface area contributed by atoms with Crippen LogP contribution in [-0.2, 0) is 4.79 Å². The first kappa shape index (κ1) is 17.0. The fourth-order valence-electron chi connectivity index (χ4n) is 4.17. The molecule has 4 nitrogen and oxygen atoms in total. The van der Waals surface area contributed by atoms with E-state index in [1.54, 1.807) is 12.1 Å². The van der Waals surface area contributed by atoms with Gasteiger partial charge in [0.05, 0.1) is 17.7 Å². The van der Waals surface area contributed by atoms with Crippen molar-refractivity contribution in [2.45, 2.75) is 51.5 Å². The lowest BCUT2D eigenvalue weighted by Crippen LogP contribution is -2.42. The maximum Gasteiger partial charge on any atom is 0.244 e. The Balaban J connectivity index is 1.64. The molecular formula is C20H27N3O. The molecule has 2 aliphatic heterocycles. The molecule has 2 aliphatic rings. The van der Waals surface area contributed by atoms with Gasteiger partial charge in [-0.3, -0.25) is 9.69 Å². The Hall–Kier alpha value is -1.86. The van der Waals surface area contributed by atoms with Gasteiger partial charge in [0.1, 0.15) is 0 Å². The summed E-state index contributed by atoms with van der Waals surface area (Å²) in [4.78, 5) is 17.2. The first-order chi connectivity index (χ1) is 11.7. The number of rotatable bonds is 4. The minimum absolute atomic E-state index is 0.0426. The topological polar surface area (TPSA) is 47.3 Å². The Morgan fingerprint density at radius 3 is 2.62 bits per heavy atom. The molecule has 24 heavy (non-hydrogen) atoms. The maximum atomic E-state index is 12.9. The highest BCUT2D eigenvalue weighted by atomic mass is 16.2. The molecule has 0 radical (unpaired) electrons. The molecule has 2 saturated heterocycles. The summed E-state index contributed by atoms with van der Waals surface area (Å²) in [7, 11) is 0. The summed E-state index contributed by atoms with van der Waals surface area (Å²) in [5.41, 5.74) is 1.55. The molecule has 2 fully saturated rings. The van der Waals surface area contributed by atoms with Crippen molar-refractivity contribution in [1.82, 2.24) is 4.90 Å². The Morgan fingerprint density at radius 1 is 1.12 bits per heavy atom. The number of amides is 1. The molecule has 0 unspecified atom stereocenters. The second-order valence-corrected chi connectivity index (χ2v) is 7.07. The van der Waals surface area contributed by atoms with Crippen molar-refractivity contribution < 1.29 is 4.79 Å². The van der Waals surface area contributed by atoms with Gasteiger partial charge in [0.2, 0.25) is 5.91 Å². The van der Waals surface area contributed by atoms with Crippen molar-refractivity contribution in [3.63, 3.8) is 0 Å². The Labute approximate surface area is 145 Å². The Kier molecular flexibility index (Phi) is 5.52. The minimum atomic E-state index is 0.0426. The van der Waals surface area contributed by atoms with Crippen LogP contribution in [0.1, 0.15) is 51.0 Å². The number of hydrogen-bond acceptors (Lipinski definition) is 3. The van der Waals surface area contributed by atoms with E-state index in [1.165, 1.54) is 32.1 Å². The lowest BCUT2D eigenvalue weighted by atomic mass is 9.96. The van der Waals surface area contributed by atoms with Crippen molar-refractivity contribution >= 4 is 11.6 Å². The van der Waals surface area contributed by atoms with E-state index in [9.17, 15) is 4.79 Å². The third kappa shape index (κ3) is 3.62. The highest BCUT2D eigenvalue weighted by Gasteiger charge is 2.37. The number of nitriles is 1. The molecule has 1 aromatic rings. The summed E-state index contributed by atoms with van der Waals surface area (Å²) in [6.45, 7) is 5.16. The largest absolute Gasteiger partial charge is 0.311 e. The van der Waals surface area contributed by atoms with Gasteiger partial charge in [0.15, 0.2) is 0 Å². The predicted octanol–water partition coefficient (Wildman–Crippen LogP) is 3.57. The van der Waals surface area contributed by atoms with Gasteiger partial charge in [0, 0.05) is 12.2 Å². The van der Waals surface area contributed by atoms with Gasteiger partial charge in [-0.15, -0.1) is 0 Å². The fraction of sp³-hybridized carbons (Fsp3) is 0.600. The smallest absolute Gasteiger partial charge is 0.244 e. The molecule has 0 spiro atoms. The van der Waals surface area contributed by atoms with Crippen LogP contribution in [0.15, 0.2) is 24.3 Å². The predicted molar refractivity (Wildman–Crippen MR) is 95.7 cm³/mol. The van der Waals surface area contributed by atoms with E-state index in [1.807, 2.05) is 17.0 Å². The van der Waals surface area contributed by atoms with E-state index in [4.69, 9.17) is 5.26 Å². The fourth-order valence-corrected chi connectivity index (χ4v) is 4.17. The van der Waals surface area contributed by atoms with Crippen molar-refractivity contribution in [3.8, 4) is 6.07 Å². The van der Waals surface area contributed by atoms with E-state index >= 15 is 0 Å². The van der Waals surface area contributed by atoms with E-state index in [-0.39, 0.29) is 11.9 Å². The molecular weight excluding hydrogens is 298 g/mol. The number of benzene rings is 1. The van der Waals surface area contributed by atoms with Crippen LogP contribution < -0.4 is 4.90 Å².